The van der Waals surface area contributed by atoms with E-state index in [0.717, 1.165) is 23.3 Å². The molecule has 4 rings (SSSR count). The summed E-state index contributed by atoms with van der Waals surface area (Å²) >= 11 is 5.74. The number of hydrogen-bond acceptors (Lipinski definition) is 6. The van der Waals surface area contributed by atoms with Gasteiger partial charge in [0.1, 0.15) is 17.3 Å². The molecular formula is C26H23ClF3N5O2. The largest absolute Gasteiger partial charge is 0.457 e. The van der Waals surface area contributed by atoms with Crippen LogP contribution in [0.1, 0.15) is 40.9 Å². The molecule has 1 atom stereocenters. The van der Waals surface area contributed by atoms with Crippen molar-refractivity contribution in [1.29, 1.82) is 0 Å². The van der Waals surface area contributed by atoms with Crippen molar-refractivity contribution in [2.45, 2.75) is 32.4 Å². The summed E-state index contributed by atoms with van der Waals surface area (Å²) in [6, 6.07) is 10.4. The monoisotopic (exact) mass is 529 g/mol. The highest BCUT2D eigenvalue weighted by atomic mass is 35.5. The van der Waals surface area contributed by atoms with E-state index in [9.17, 15) is 18.0 Å². The van der Waals surface area contributed by atoms with Crippen LogP contribution in [0.3, 0.4) is 0 Å². The minimum absolute atomic E-state index is 0.203. The Morgan fingerprint density at radius 2 is 1.76 bits per heavy atom. The maximum atomic E-state index is 12.9. The summed E-state index contributed by atoms with van der Waals surface area (Å²) in [5, 5.41) is 2.67. The first-order valence-corrected chi connectivity index (χ1v) is 11.7. The number of benzene rings is 2. The zero-order valence-electron chi connectivity index (χ0n) is 19.9. The van der Waals surface area contributed by atoms with Gasteiger partial charge in [0.15, 0.2) is 0 Å². The highest BCUT2D eigenvalue weighted by Gasteiger charge is 2.33. The maximum Gasteiger partial charge on any atom is 0.417 e. The summed E-state index contributed by atoms with van der Waals surface area (Å²) in [6.07, 6.45) is 1.16. The van der Waals surface area contributed by atoms with Crippen LogP contribution in [-0.2, 0) is 12.6 Å². The maximum absolute atomic E-state index is 12.9. The van der Waals surface area contributed by atoms with E-state index in [1.807, 2.05) is 19.1 Å². The average molecular weight is 530 g/mol. The Morgan fingerprint density at radius 3 is 2.38 bits per heavy atom. The van der Waals surface area contributed by atoms with Crippen molar-refractivity contribution in [3.05, 3.63) is 105 Å². The fraction of sp³-hybridized carbons (Fsp3) is 0.231. The van der Waals surface area contributed by atoms with Crippen molar-refractivity contribution in [2.75, 3.05) is 11.9 Å². The Labute approximate surface area is 215 Å². The zero-order chi connectivity index (χ0) is 26.6. The zero-order valence-corrected chi connectivity index (χ0v) is 20.7. The van der Waals surface area contributed by atoms with Gasteiger partial charge in [-0.1, -0.05) is 30.7 Å². The molecule has 37 heavy (non-hydrogen) atoms. The molecule has 0 saturated heterocycles. The van der Waals surface area contributed by atoms with Crippen molar-refractivity contribution in [2.24, 2.45) is 0 Å². The van der Waals surface area contributed by atoms with Crippen molar-refractivity contribution in [3.8, 4) is 11.5 Å². The Balaban J connectivity index is 1.31. The van der Waals surface area contributed by atoms with Crippen LogP contribution in [0.15, 0.2) is 65.8 Å². The van der Waals surface area contributed by atoms with Gasteiger partial charge in [0.25, 0.3) is 5.56 Å². The van der Waals surface area contributed by atoms with Crippen LogP contribution in [0.2, 0.25) is 5.02 Å². The summed E-state index contributed by atoms with van der Waals surface area (Å²) in [5.74, 6) is 1.48. The van der Waals surface area contributed by atoms with Gasteiger partial charge >= 0.3 is 6.18 Å². The summed E-state index contributed by atoms with van der Waals surface area (Å²) < 4.78 is 44.2. The molecule has 0 aliphatic rings. The molecule has 0 fully saturated rings. The van der Waals surface area contributed by atoms with E-state index in [1.54, 1.807) is 37.6 Å². The third kappa shape index (κ3) is 6.65. The number of nitrogens with one attached hydrogen (secondary N) is 2. The van der Waals surface area contributed by atoms with Crippen LogP contribution in [0, 0.1) is 6.92 Å². The van der Waals surface area contributed by atoms with Crippen LogP contribution in [-0.4, -0.2) is 26.5 Å². The van der Waals surface area contributed by atoms with Crippen molar-refractivity contribution in [1.82, 2.24) is 19.9 Å². The van der Waals surface area contributed by atoms with Gasteiger partial charge in [-0.2, -0.15) is 18.2 Å². The second kappa shape index (κ2) is 11.0. The summed E-state index contributed by atoms with van der Waals surface area (Å²) in [6.45, 7) is 4.20. The van der Waals surface area contributed by atoms with E-state index in [2.05, 4.69) is 25.3 Å². The summed E-state index contributed by atoms with van der Waals surface area (Å²) in [5.41, 5.74) is 1.08. The standard InChI is InChI=1S/C26H23ClF3N5O2/c1-15(18-12-32-16(2)33-13-18)21-14-34-25(35-24(21)36)31-10-9-17-3-5-19(6-4-17)37-20-7-8-22(23(27)11-20)26(28,29)30/h3-8,11-15H,9-10H2,1-2H3,(H2,31,34,35,36). The van der Waals surface area contributed by atoms with Crippen LogP contribution >= 0.6 is 11.6 Å². The van der Waals surface area contributed by atoms with Crippen molar-refractivity contribution < 1.29 is 17.9 Å². The van der Waals surface area contributed by atoms with E-state index in [4.69, 9.17) is 16.3 Å². The van der Waals surface area contributed by atoms with Crippen molar-refractivity contribution >= 4 is 17.5 Å². The molecule has 2 heterocycles. The second-order valence-electron chi connectivity index (χ2n) is 8.36. The number of aromatic amines is 1. The average Bonchev–Trinajstić information content (AvgIpc) is 2.84. The Morgan fingerprint density at radius 1 is 1.08 bits per heavy atom. The Hall–Kier alpha value is -3.92. The smallest absolute Gasteiger partial charge is 0.417 e. The number of halogens is 4. The molecule has 11 heteroatoms. The highest BCUT2D eigenvalue weighted by molar-refractivity contribution is 6.31. The molecule has 0 amide bonds. The lowest BCUT2D eigenvalue weighted by Gasteiger charge is -2.12. The number of rotatable bonds is 8. The van der Waals surface area contributed by atoms with Crippen LogP contribution in [0.25, 0.3) is 0 Å². The van der Waals surface area contributed by atoms with Gasteiger partial charge in [-0.25, -0.2) is 9.97 Å². The molecule has 4 aromatic rings. The molecule has 192 valence electrons. The lowest BCUT2D eigenvalue weighted by Crippen LogP contribution is -2.20. The third-order valence-corrected chi connectivity index (χ3v) is 6.02. The molecule has 0 spiro atoms. The van der Waals surface area contributed by atoms with E-state index < -0.39 is 16.8 Å². The van der Waals surface area contributed by atoms with Gasteiger partial charge in [-0.15, -0.1) is 0 Å². The van der Waals surface area contributed by atoms with E-state index in [-0.39, 0.29) is 17.2 Å². The quantitative estimate of drug-likeness (QED) is 0.285. The van der Waals surface area contributed by atoms with Gasteiger partial charge in [0.2, 0.25) is 5.95 Å². The summed E-state index contributed by atoms with van der Waals surface area (Å²) in [7, 11) is 0. The fourth-order valence-corrected chi connectivity index (χ4v) is 3.87. The number of H-pyrrole nitrogens is 1. The number of anilines is 1. The predicted octanol–water partition coefficient (Wildman–Crippen LogP) is 6.14. The second-order valence-corrected chi connectivity index (χ2v) is 8.76. The molecule has 0 bridgehead atoms. The Kier molecular flexibility index (Phi) is 7.77. The molecule has 2 aromatic carbocycles. The number of aryl methyl sites for hydroxylation is 1. The first kappa shape index (κ1) is 26.2. The molecule has 2 aromatic heterocycles. The van der Waals surface area contributed by atoms with E-state index in [1.165, 1.54) is 6.07 Å². The minimum atomic E-state index is -4.52. The van der Waals surface area contributed by atoms with Crippen LogP contribution in [0.4, 0.5) is 19.1 Å². The number of nitrogens with zero attached hydrogens (tertiary/aromatic N) is 3. The first-order valence-electron chi connectivity index (χ1n) is 11.4. The minimum Gasteiger partial charge on any atom is -0.457 e. The van der Waals surface area contributed by atoms with Gasteiger partial charge in [0.05, 0.1) is 10.6 Å². The lowest BCUT2D eigenvalue weighted by molar-refractivity contribution is -0.137. The highest BCUT2D eigenvalue weighted by Crippen LogP contribution is 2.37. The lowest BCUT2D eigenvalue weighted by atomic mass is 9.98. The molecule has 0 radical (unpaired) electrons. The fourth-order valence-electron chi connectivity index (χ4n) is 3.59. The van der Waals surface area contributed by atoms with Gasteiger partial charge in [-0.05, 0) is 48.7 Å². The van der Waals surface area contributed by atoms with Gasteiger partial charge in [-0.3, -0.25) is 4.79 Å². The molecule has 2 N–H and O–H groups in total. The SMILES string of the molecule is Cc1ncc(C(C)c2c[nH]c(NCCc3ccc(Oc4ccc(C(F)(F)F)c(Cl)c4)cc3)nc2=O)cn1. The van der Waals surface area contributed by atoms with Crippen LogP contribution < -0.4 is 15.6 Å². The normalized spacial score (nSPS) is 12.3. The van der Waals surface area contributed by atoms with E-state index >= 15 is 0 Å². The van der Waals surface area contributed by atoms with Gasteiger partial charge < -0.3 is 15.0 Å². The molecule has 7 nitrogen and oxygen atoms in total. The topological polar surface area (TPSA) is 92.8 Å². The molecule has 0 saturated carbocycles. The number of aromatic nitrogens is 4. The number of ether oxygens (including phenoxy) is 1. The molecule has 0 aliphatic heterocycles. The van der Waals surface area contributed by atoms with Gasteiger partial charge in [0, 0.05) is 42.7 Å². The molecule has 0 aliphatic carbocycles. The number of hydrogen-bond donors (Lipinski definition) is 2. The predicted molar refractivity (Wildman–Crippen MR) is 134 cm³/mol. The number of alkyl halides is 3. The molecule has 1 unspecified atom stereocenters. The van der Waals surface area contributed by atoms with Crippen LogP contribution in [0.5, 0.6) is 11.5 Å². The molecular weight excluding hydrogens is 507 g/mol. The van der Waals surface area contributed by atoms with Crippen molar-refractivity contribution in [3.63, 3.8) is 0 Å². The van der Waals surface area contributed by atoms with E-state index in [0.29, 0.717) is 36.1 Å². The third-order valence-electron chi connectivity index (χ3n) is 5.70. The Bertz CT molecular complexity index is 1420. The first-order chi connectivity index (χ1) is 17.6. The summed E-state index contributed by atoms with van der Waals surface area (Å²) in [4.78, 5) is 28.0.